The van der Waals surface area contributed by atoms with E-state index in [1.54, 1.807) is 0 Å². The molecule has 12 heteroatoms. The van der Waals surface area contributed by atoms with Gasteiger partial charge in [0, 0.05) is 18.3 Å². The zero-order valence-corrected chi connectivity index (χ0v) is 19.8. The molecule has 9 nitrogen and oxygen atoms in total. The Morgan fingerprint density at radius 1 is 1.03 bits per heavy atom. The average molecular weight is 543 g/mol. The van der Waals surface area contributed by atoms with Crippen molar-refractivity contribution in [3.05, 3.63) is 64.7 Å². The second-order valence-corrected chi connectivity index (χ2v) is 9.88. The van der Waals surface area contributed by atoms with Crippen LogP contribution in [0, 0.1) is 23.7 Å². The molecule has 0 spiro atoms. The van der Waals surface area contributed by atoms with Crippen LogP contribution in [-0.4, -0.2) is 56.1 Å². The largest absolute Gasteiger partial charge is 0.507 e. The normalized spacial score (nSPS) is 31.5. The quantitative estimate of drug-likeness (QED) is 0.411. The summed E-state index contributed by atoms with van der Waals surface area (Å²) in [6, 6.07) is 7.81. The van der Waals surface area contributed by atoms with Crippen LogP contribution >= 0.6 is 0 Å². The van der Waals surface area contributed by atoms with Crippen molar-refractivity contribution < 1.29 is 52.5 Å². The maximum atomic E-state index is 13.7. The van der Waals surface area contributed by atoms with E-state index in [0.717, 1.165) is 30.3 Å². The number of benzene rings is 2. The molecule has 3 aliphatic carbocycles. The van der Waals surface area contributed by atoms with Crippen molar-refractivity contribution in [3.63, 3.8) is 0 Å². The molecule has 202 valence electrons. The lowest BCUT2D eigenvalue weighted by molar-refractivity contribution is -0.185. The number of hydrogen-bond donors (Lipinski definition) is 4. The molecule has 1 amide bonds. The third kappa shape index (κ3) is 3.73. The summed E-state index contributed by atoms with van der Waals surface area (Å²) in [6.45, 7) is 0. The van der Waals surface area contributed by atoms with Crippen molar-refractivity contribution in [2.45, 2.75) is 24.3 Å². The summed E-state index contributed by atoms with van der Waals surface area (Å²) in [5, 5.41) is 33.2. The van der Waals surface area contributed by atoms with Gasteiger partial charge in [0.1, 0.15) is 5.75 Å². The molecule has 0 radical (unpaired) electrons. The van der Waals surface area contributed by atoms with Crippen LogP contribution < -0.4 is 5.73 Å². The van der Waals surface area contributed by atoms with Gasteiger partial charge in [-0.1, -0.05) is 30.3 Å². The number of primary amides is 1. The molecule has 6 atom stereocenters. The highest BCUT2D eigenvalue weighted by Gasteiger charge is 2.69. The molecule has 5 rings (SSSR count). The first-order valence-corrected chi connectivity index (χ1v) is 11.8. The van der Waals surface area contributed by atoms with E-state index in [9.17, 15) is 52.5 Å². The second-order valence-electron chi connectivity index (χ2n) is 9.88. The number of Topliss-reactive ketones (excluding diaryl/α,β-unsaturated/α-hetero) is 4. The van der Waals surface area contributed by atoms with Gasteiger partial charge in [0.25, 0.3) is 0 Å². The average Bonchev–Trinajstić information content (AvgIpc) is 2.85. The van der Waals surface area contributed by atoms with Gasteiger partial charge in [0.2, 0.25) is 5.91 Å². The number of alkyl halides is 3. The third-order valence-corrected chi connectivity index (χ3v) is 7.80. The third-order valence-electron chi connectivity index (χ3n) is 7.80. The summed E-state index contributed by atoms with van der Waals surface area (Å²) >= 11 is 0. The predicted octanol–water partition coefficient (Wildman–Crippen LogP) is 1.31. The number of fused-ring (bicyclic) bond motifs is 3. The van der Waals surface area contributed by atoms with Gasteiger partial charge in [-0.05, 0) is 34.9 Å². The number of carbonyl (C=O) groups excluding carboxylic acids is 5. The summed E-state index contributed by atoms with van der Waals surface area (Å²) in [7, 11) is 0. The summed E-state index contributed by atoms with van der Waals surface area (Å²) in [6.07, 6.45) is -5.92. The zero-order valence-electron chi connectivity index (χ0n) is 19.8. The zero-order chi connectivity index (χ0) is 28.6. The highest BCUT2D eigenvalue weighted by atomic mass is 19.4. The Hall–Kier alpha value is -4.16. The molecule has 2 aromatic carbocycles. The molecule has 0 aliphatic heterocycles. The lowest BCUT2D eigenvalue weighted by Gasteiger charge is -2.51. The minimum atomic E-state index is -4.61. The Balaban J connectivity index is 1.71. The van der Waals surface area contributed by atoms with Gasteiger partial charge >= 0.3 is 6.18 Å². The molecule has 5 N–H and O–H groups in total. The molecule has 0 saturated heterocycles. The number of aliphatic hydroxyl groups excluding tert-OH is 1. The fraction of sp³-hybridized carbons (Fsp3) is 0.296. The summed E-state index contributed by atoms with van der Waals surface area (Å²) in [4.78, 5) is 64.8. The number of amides is 1. The first-order chi connectivity index (χ1) is 18.2. The molecule has 2 saturated carbocycles. The lowest BCUT2D eigenvalue weighted by atomic mass is 9.51. The van der Waals surface area contributed by atoms with E-state index in [1.807, 2.05) is 0 Å². The van der Waals surface area contributed by atoms with Crippen LogP contribution in [0.4, 0.5) is 13.2 Å². The van der Waals surface area contributed by atoms with Crippen molar-refractivity contribution in [3.8, 4) is 5.75 Å². The number of phenolic OH excluding ortho intramolecular Hbond substituents is 1. The molecular weight excluding hydrogens is 523 g/mol. The van der Waals surface area contributed by atoms with E-state index in [2.05, 4.69) is 0 Å². The van der Waals surface area contributed by atoms with E-state index in [0.29, 0.717) is 0 Å². The Kier molecular flexibility index (Phi) is 5.89. The first-order valence-electron chi connectivity index (χ1n) is 11.8. The van der Waals surface area contributed by atoms with Crippen molar-refractivity contribution in [1.82, 2.24) is 0 Å². The highest BCUT2D eigenvalue weighted by Crippen LogP contribution is 2.54. The number of nitrogens with two attached hydrogens (primary N) is 1. The van der Waals surface area contributed by atoms with Crippen LogP contribution in [0.15, 0.2) is 42.5 Å². The molecule has 0 bridgehead atoms. The number of ketones is 4. The smallest absolute Gasteiger partial charge is 0.416 e. The maximum Gasteiger partial charge on any atom is 0.416 e. The molecule has 3 aliphatic rings. The topological polar surface area (TPSA) is 172 Å². The summed E-state index contributed by atoms with van der Waals surface area (Å²) < 4.78 is 39.2. The van der Waals surface area contributed by atoms with Gasteiger partial charge in [-0.25, -0.2) is 0 Å². The SMILES string of the molecule is NC(=O)C1C(=O)CC2C(O)C3/C(=C/c4ccc(C(F)(F)F)cc4)c4cccc(O)c4C(=O)C3C(=O)C2(O)C1=O. The second kappa shape index (κ2) is 8.68. The van der Waals surface area contributed by atoms with Crippen LogP contribution in [0.25, 0.3) is 11.6 Å². The molecule has 2 fully saturated rings. The molecule has 0 heterocycles. The number of halogens is 3. The van der Waals surface area contributed by atoms with E-state index >= 15 is 0 Å². The van der Waals surface area contributed by atoms with Crippen LogP contribution in [0.1, 0.15) is 33.5 Å². The van der Waals surface area contributed by atoms with Gasteiger partial charge in [-0.15, -0.1) is 0 Å². The number of hydrogen-bond acceptors (Lipinski definition) is 8. The predicted molar refractivity (Wildman–Crippen MR) is 126 cm³/mol. The van der Waals surface area contributed by atoms with Gasteiger partial charge in [-0.2, -0.15) is 13.2 Å². The first kappa shape index (κ1) is 26.4. The summed E-state index contributed by atoms with van der Waals surface area (Å²) in [5.74, 6) is -14.1. The van der Waals surface area contributed by atoms with E-state index in [-0.39, 0.29) is 22.3 Å². The fourth-order valence-electron chi connectivity index (χ4n) is 5.98. The molecule has 2 aromatic rings. The van der Waals surface area contributed by atoms with E-state index in [1.165, 1.54) is 18.2 Å². The van der Waals surface area contributed by atoms with E-state index in [4.69, 9.17) is 5.73 Å². The lowest BCUT2D eigenvalue weighted by Crippen LogP contribution is -2.72. The van der Waals surface area contributed by atoms with Gasteiger partial charge < -0.3 is 21.1 Å². The van der Waals surface area contributed by atoms with Gasteiger partial charge in [0.05, 0.1) is 23.1 Å². The van der Waals surface area contributed by atoms with Crippen LogP contribution in [0.2, 0.25) is 0 Å². The van der Waals surface area contributed by atoms with Gasteiger partial charge in [-0.3, -0.25) is 24.0 Å². The van der Waals surface area contributed by atoms with Crippen LogP contribution in [0.3, 0.4) is 0 Å². The van der Waals surface area contributed by atoms with Crippen LogP contribution in [0.5, 0.6) is 5.75 Å². The number of rotatable bonds is 2. The Morgan fingerprint density at radius 2 is 1.67 bits per heavy atom. The molecule has 0 aromatic heterocycles. The Labute approximate surface area is 217 Å². The van der Waals surface area contributed by atoms with E-state index < -0.39 is 88.3 Å². The highest BCUT2D eigenvalue weighted by molar-refractivity contribution is 6.32. The number of phenols is 1. The monoisotopic (exact) mass is 543 g/mol. The minimum absolute atomic E-state index is 0.0603. The van der Waals surface area contributed by atoms with Crippen molar-refractivity contribution in [1.29, 1.82) is 0 Å². The van der Waals surface area contributed by atoms with Crippen molar-refractivity contribution in [2.75, 3.05) is 0 Å². The Morgan fingerprint density at radius 3 is 2.26 bits per heavy atom. The van der Waals surface area contributed by atoms with Gasteiger partial charge in [0.15, 0.2) is 34.7 Å². The standard InChI is InChI=1S/C27H20F3NO8/c28-27(29,30)11-6-4-10(5-7-11)8-13-12-2-1-3-15(32)17(12)22(35)20-18(13)21(34)14-9-16(33)19(25(31)38)23(36)26(14,39)24(20)37/h1-8,14,18-21,32,34,39H,9H2,(H2,31,38)/b13-8+. The maximum absolute atomic E-state index is 13.7. The molecule has 39 heavy (non-hydrogen) atoms. The molecule has 6 unspecified atom stereocenters. The van der Waals surface area contributed by atoms with Crippen LogP contribution in [-0.2, 0) is 25.4 Å². The minimum Gasteiger partial charge on any atom is -0.507 e. The molecular formula is C27H20F3NO8. The van der Waals surface area contributed by atoms with Crippen molar-refractivity contribution in [2.24, 2.45) is 29.4 Å². The number of carbonyl (C=O) groups is 5. The summed E-state index contributed by atoms with van der Waals surface area (Å²) in [5.41, 5.74) is 1.09. The number of aliphatic hydroxyl groups is 2. The number of aromatic hydroxyl groups is 1. The Bertz CT molecular complexity index is 1500. The van der Waals surface area contributed by atoms with Crippen molar-refractivity contribution >= 4 is 40.7 Å². The fourth-order valence-corrected chi connectivity index (χ4v) is 5.98.